The Kier molecular flexibility index (Phi) is 5.41. The van der Waals surface area contributed by atoms with Gasteiger partial charge in [-0.2, -0.15) is 13.2 Å². The summed E-state index contributed by atoms with van der Waals surface area (Å²) < 4.78 is 48.5. The van der Waals surface area contributed by atoms with E-state index in [1.807, 2.05) is 4.90 Å². The number of nitrogens with zero attached hydrogens (tertiary/aromatic N) is 2. The van der Waals surface area contributed by atoms with Crippen LogP contribution in [0.2, 0.25) is 0 Å². The largest absolute Gasteiger partial charge is 0.433 e. The number of anilines is 1. The van der Waals surface area contributed by atoms with Crippen molar-refractivity contribution in [1.82, 2.24) is 4.98 Å². The molecular weight excluding hydrogens is 285 g/mol. The SMILES string of the molecule is COCCOC1CCN(c2cccc(C(F)(F)F)n2)CC1. The molecule has 0 aromatic carbocycles. The average Bonchev–Trinajstić information content (AvgIpc) is 2.47. The van der Waals surface area contributed by atoms with Crippen LogP contribution in [0.5, 0.6) is 0 Å². The van der Waals surface area contributed by atoms with Crippen LogP contribution in [0, 0.1) is 0 Å². The maximum atomic E-state index is 12.7. The average molecular weight is 304 g/mol. The standard InChI is InChI=1S/C14H19F3N2O2/c1-20-9-10-21-11-5-7-19(8-6-11)13-4-2-3-12(18-13)14(15,16)17/h2-4,11H,5-10H2,1H3. The molecule has 0 atom stereocenters. The van der Waals surface area contributed by atoms with Gasteiger partial charge in [-0.25, -0.2) is 4.98 Å². The summed E-state index contributed by atoms with van der Waals surface area (Å²) in [6.07, 6.45) is -2.71. The maximum Gasteiger partial charge on any atom is 0.433 e. The molecule has 0 saturated carbocycles. The molecule has 0 spiro atoms. The highest BCUT2D eigenvalue weighted by Crippen LogP contribution is 2.29. The van der Waals surface area contributed by atoms with E-state index in [4.69, 9.17) is 9.47 Å². The third-order valence-corrected chi connectivity index (χ3v) is 3.43. The predicted molar refractivity (Wildman–Crippen MR) is 72.3 cm³/mol. The Labute approximate surface area is 121 Å². The first-order chi connectivity index (χ1) is 10.0. The monoisotopic (exact) mass is 304 g/mol. The van der Waals surface area contributed by atoms with Crippen molar-refractivity contribution in [3.8, 4) is 0 Å². The van der Waals surface area contributed by atoms with Crippen LogP contribution < -0.4 is 4.90 Å². The highest BCUT2D eigenvalue weighted by molar-refractivity contribution is 5.40. The van der Waals surface area contributed by atoms with Crippen LogP contribution in [-0.4, -0.2) is 44.5 Å². The number of rotatable bonds is 5. The van der Waals surface area contributed by atoms with E-state index in [-0.39, 0.29) is 6.10 Å². The maximum absolute atomic E-state index is 12.7. The molecule has 0 bridgehead atoms. The molecule has 1 aliphatic rings. The van der Waals surface area contributed by atoms with Gasteiger partial charge >= 0.3 is 6.18 Å². The molecule has 21 heavy (non-hydrogen) atoms. The Morgan fingerprint density at radius 1 is 1.24 bits per heavy atom. The first-order valence-corrected chi connectivity index (χ1v) is 6.90. The van der Waals surface area contributed by atoms with Gasteiger partial charge in [0.15, 0.2) is 0 Å². The van der Waals surface area contributed by atoms with Crippen molar-refractivity contribution in [2.75, 3.05) is 38.3 Å². The van der Waals surface area contributed by atoms with E-state index in [2.05, 4.69) is 4.98 Å². The van der Waals surface area contributed by atoms with Gasteiger partial charge in [0.1, 0.15) is 11.5 Å². The molecule has 4 nitrogen and oxygen atoms in total. The zero-order valence-electron chi connectivity index (χ0n) is 11.9. The quantitative estimate of drug-likeness (QED) is 0.784. The summed E-state index contributed by atoms with van der Waals surface area (Å²) in [7, 11) is 1.62. The molecule has 0 N–H and O–H groups in total. The summed E-state index contributed by atoms with van der Waals surface area (Å²) in [5.74, 6) is 0.375. The number of methoxy groups -OCH3 is 1. The first-order valence-electron chi connectivity index (χ1n) is 6.90. The van der Waals surface area contributed by atoms with Gasteiger partial charge in [-0.3, -0.25) is 0 Å². The van der Waals surface area contributed by atoms with E-state index in [9.17, 15) is 13.2 Å². The van der Waals surface area contributed by atoms with Gasteiger partial charge < -0.3 is 14.4 Å². The van der Waals surface area contributed by atoms with Gasteiger partial charge in [-0.05, 0) is 25.0 Å². The molecule has 118 valence electrons. The Bertz CT molecular complexity index is 446. The van der Waals surface area contributed by atoms with E-state index in [0.717, 1.165) is 18.9 Å². The van der Waals surface area contributed by atoms with Crippen molar-refractivity contribution in [1.29, 1.82) is 0 Å². The summed E-state index contributed by atoms with van der Waals surface area (Å²) >= 11 is 0. The lowest BCUT2D eigenvalue weighted by molar-refractivity contribution is -0.141. The van der Waals surface area contributed by atoms with E-state index in [1.54, 1.807) is 13.2 Å². The number of ether oxygens (including phenoxy) is 2. The summed E-state index contributed by atoms with van der Waals surface area (Å²) in [5.41, 5.74) is -0.849. The molecule has 1 fully saturated rings. The Hall–Kier alpha value is -1.34. The number of alkyl halides is 3. The number of hydrogen-bond acceptors (Lipinski definition) is 4. The summed E-state index contributed by atoms with van der Waals surface area (Å²) in [6, 6.07) is 4.00. The smallest absolute Gasteiger partial charge is 0.382 e. The molecule has 2 heterocycles. The minimum atomic E-state index is -4.41. The minimum Gasteiger partial charge on any atom is -0.382 e. The van der Waals surface area contributed by atoms with Gasteiger partial charge in [-0.15, -0.1) is 0 Å². The van der Waals surface area contributed by atoms with Crippen LogP contribution in [-0.2, 0) is 15.7 Å². The number of hydrogen-bond donors (Lipinski definition) is 0. The first kappa shape index (κ1) is 16.0. The van der Waals surface area contributed by atoms with Crippen molar-refractivity contribution in [3.63, 3.8) is 0 Å². The molecule has 1 saturated heterocycles. The number of aromatic nitrogens is 1. The second-order valence-electron chi connectivity index (χ2n) is 4.93. The van der Waals surface area contributed by atoms with Crippen molar-refractivity contribution in [2.24, 2.45) is 0 Å². The second kappa shape index (κ2) is 7.09. The summed E-state index contributed by atoms with van der Waals surface area (Å²) in [4.78, 5) is 5.57. The molecule has 0 unspecified atom stereocenters. The second-order valence-corrected chi connectivity index (χ2v) is 4.93. The molecule has 1 aromatic heterocycles. The predicted octanol–water partition coefficient (Wildman–Crippen LogP) is 2.73. The van der Waals surface area contributed by atoms with Crippen LogP contribution in [0.3, 0.4) is 0 Å². The number of pyridine rings is 1. The molecule has 0 amide bonds. The highest BCUT2D eigenvalue weighted by Gasteiger charge is 2.33. The fourth-order valence-corrected chi connectivity index (χ4v) is 2.31. The normalized spacial score (nSPS) is 17.2. The van der Waals surface area contributed by atoms with Crippen LogP contribution >= 0.6 is 0 Å². The fraction of sp³-hybridized carbons (Fsp3) is 0.643. The zero-order chi connectivity index (χ0) is 15.3. The Morgan fingerprint density at radius 3 is 2.57 bits per heavy atom. The van der Waals surface area contributed by atoms with E-state index >= 15 is 0 Å². The molecule has 0 aliphatic carbocycles. The molecule has 1 aliphatic heterocycles. The number of halogens is 3. The zero-order valence-corrected chi connectivity index (χ0v) is 11.9. The van der Waals surface area contributed by atoms with Crippen molar-refractivity contribution in [2.45, 2.75) is 25.1 Å². The number of piperidine rings is 1. The van der Waals surface area contributed by atoms with Gasteiger partial charge in [0.05, 0.1) is 19.3 Å². The van der Waals surface area contributed by atoms with E-state index in [1.165, 1.54) is 6.07 Å². The minimum absolute atomic E-state index is 0.141. The Balaban J connectivity index is 1.90. The molecular formula is C14H19F3N2O2. The lowest BCUT2D eigenvalue weighted by atomic mass is 10.1. The topological polar surface area (TPSA) is 34.6 Å². The third kappa shape index (κ3) is 4.57. The van der Waals surface area contributed by atoms with Crippen LogP contribution in [0.25, 0.3) is 0 Å². The molecule has 1 aromatic rings. The van der Waals surface area contributed by atoms with Crippen LogP contribution in [0.1, 0.15) is 18.5 Å². The van der Waals surface area contributed by atoms with E-state index < -0.39 is 11.9 Å². The summed E-state index contributed by atoms with van der Waals surface area (Å²) in [6.45, 7) is 2.39. The van der Waals surface area contributed by atoms with Gasteiger partial charge in [0.2, 0.25) is 0 Å². The van der Waals surface area contributed by atoms with Gasteiger partial charge in [-0.1, -0.05) is 6.07 Å². The van der Waals surface area contributed by atoms with Crippen molar-refractivity contribution < 1.29 is 22.6 Å². The van der Waals surface area contributed by atoms with Crippen molar-refractivity contribution in [3.05, 3.63) is 23.9 Å². The molecule has 0 radical (unpaired) electrons. The van der Waals surface area contributed by atoms with Crippen LogP contribution in [0.15, 0.2) is 18.2 Å². The highest BCUT2D eigenvalue weighted by atomic mass is 19.4. The third-order valence-electron chi connectivity index (χ3n) is 3.43. The Morgan fingerprint density at radius 2 is 1.95 bits per heavy atom. The van der Waals surface area contributed by atoms with Crippen LogP contribution in [0.4, 0.5) is 19.0 Å². The lowest BCUT2D eigenvalue weighted by Gasteiger charge is -2.32. The van der Waals surface area contributed by atoms with Gasteiger partial charge in [0, 0.05) is 20.2 Å². The summed E-state index contributed by atoms with van der Waals surface area (Å²) in [5, 5.41) is 0. The molecule has 7 heteroatoms. The van der Waals surface area contributed by atoms with Gasteiger partial charge in [0.25, 0.3) is 0 Å². The molecule has 2 rings (SSSR count). The lowest BCUT2D eigenvalue weighted by Crippen LogP contribution is -2.38. The van der Waals surface area contributed by atoms with Crippen molar-refractivity contribution >= 4 is 5.82 Å². The van der Waals surface area contributed by atoms with E-state index in [0.29, 0.717) is 32.1 Å². The fourth-order valence-electron chi connectivity index (χ4n) is 2.31.